The van der Waals surface area contributed by atoms with Gasteiger partial charge in [-0.3, -0.25) is 0 Å². The van der Waals surface area contributed by atoms with Gasteiger partial charge in [-0.25, -0.2) is 0 Å². The standard InChI is InChI=1S/C33H72N2O2/c1-7-9-11-13-15-17-19-21-23-25-27-34(3,4)29-31-36-33-37-32-30-35(5,6)28-26-24-22-20-18-16-14-12-10-8-2/h7-33H2,1-6H3/q+2. The topological polar surface area (TPSA) is 18.5 Å². The highest BCUT2D eigenvalue weighted by molar-refractivity contribution is 4.49. The van der Waals surface area contributed by atoms with Crippen molar-refractivity contribution in [3.63, 3.8) is 0 Å². The van der Waals surface area contributed by atoms with Crippen LogP contribution in [0.15, 0.2) is 0 Å². The molecule has 224 valence electrons. The first kappa shape index (κ1) is 36.8. The van der Waals surface area contributed by atoms with Crippen LogP contribution in [0, 0.1) is 0 Å². The molecule has 0 bridgehead atoms. The second-order valence-electron chi connectivity index (χ2n) is 13.1. The molecule has 0 N–H and O–H groups in total. The highest BCUT2D eigenvalue weighted by Crippen LogP contribution is 2.13. The van der Waals surface area contributed by atoms with Crippen molar-refractivity contribution in [2.75, 3.05) is 74.4 Å². The molecule has 0 aliphatic heterocycles. The van der Waals surface area contributed by atoms with E-state index in [1.165, 1.54) is 142 Å². The zero-order chi connectivity index (χ0) is 27.5. The first-order chi connectivity index (χ1) is 17.8. The van der Waals surface area contributed by atoms with E-state index in [2.05, 4.69) is 42.0 Å². The van der Waals surface area contributed by atoms with E-state index < -0.39 is 0 Å². The quantitative estimate of drug-likeness (QED) is 0.0526. The third-order valence-electron chi connectivity index (χ3n) is 8.08. The van der Waals surface area contributed by atoms with Gasteiger partial charge in [0.2, 0.25) is 0 Å². The predicted octanol–water partition coefficient (Wildman–Crippen LogP) is 8.97. The summed E-state index contributed by atoms with van der Waals surface area (Å²) in [6, 6.07) is 0. The van der Waals surface area contributed by atoms with E-state index in [9.17, 15) is 0 Å². The molecule has 0 aliphatic carbocycles. The van der Waals surface area contributed by atoms with E-state index in [0.717, 1.165) is 35.3 Å². The average molecular weight is 529 g/mol. The number of hydrogen-bond donors (Lipinski definition) is 0. The SMILES string of the molecule is CCCCCCCCCCCC[N+](C)(C)CCOCOCC[N+](C)(C)CCCCCCCCCCCC. The van der Waals surface area contributed by atoms with Crippen molar-refractivity contribution in [1.82, 2.24) is 0 Å². The van der Waals surface area contributed by atoms with Gasteiger partial charge in [0.05, 0.1) is 54.5 Å². The third-order valence-corrected chi connectivity index (χ3v) is 8.08. The molecule has 0 unspecified atom stereocenters. The lowest BCUT2D eigenvalue weighted by molar-refractivity contribution is -0.891. The van der Waals surface area contributed by atoms with Crippen LogP contribution in [-0.2, 0) is 9.47 Å². The fourth-order valence-electron chi connectivity index (χ4n) is 5.08. The van der Waals surface area contributed by atoms with E-state index in [1.54, 1.807) is 0 Å². The summed E-state index contributed by atoms with van der Waals surface area (Å²) in [7, 11) is 9.36. The van der Waals surface area contributed by atoms with Gasteiger partial charge in [-0.2, -0.15) is 0 Å². The molecular weight excluding hydrogens is 456 g/mol. The number of nitrogens with zero attached hydrogens (tertiary/aromatic N) is 2. The minimum atomic E-state index is 0.441. The summed E-state index contributed by atoms with van der Waals surface area (Å²) in [4.78, 5) is 0. The zero-order valence-electron chi connectivity index (χ0n) is 26.8. The molecule has 0 saturated carbocycles. The maximum absolute atomic E-state index is 5.81. The molecule has 0 fully saturated rings. The molecule has 4 heteroatoms. The lowest BCUT2D eigenvalue weighted by atomic mass is 10.1. The van der Waals surface area contributed by atoms with Crippen molar-refractivity contribution in [3.8, 4) is 0 Å². The number of rotatable bonds is 30. The summed E-state index contributed by atoms with van der Waals surface area (Å²) in [5.41, 5.74) is 0. The van der Waals surface area contributed by atoms with Crippen molar-refractivity contribution in [1.29, 1.82) is 0 Å². The van der Waals surface area contributed by atoms with Crippen LogP contribution < -0.4 is 0 Å². The Morgan fingerprint density at radius 2 is 0.622 bits per heavy atom. The van der Waals surface area contributed by atoms with Gasteiger partial charge in [0.1, 0.15) is 19.9 Å². The average Bonchev–Trinajstić information content (AvgIpc) is 2.85. The molecular formula is C33H72N2O2+2. The molecule has 0 rings (SSSR count). The fourth-order valence-corrected chi connectivity index (χ4v) is 5.08. The van der Waals surface area contributed by atoms with Gasteiger partial charge in [-0.15, -0.1) is 0 Å². The summed E-state index contributed by atoms with van der Waals surface area (Å²) < 4.78 is 13.7. The molecule has 0 spiro atoms. The number of quaternary nitrogens is 2. The van der Waals surface area contributed by atoms with E-state index in [-0.39, 0.29) is 0 Å². The Hall–Kier alpha value is -0.160. The number of likely N-dealkylation sites (N-methyl/N-ethyl adjacent to an activating group) is 2. The van der Waals surface area contributed by atoms with Crippen molar-refractivity contribution in [3.05, 3.63) is 0 Å². The predicted molar refractivity (Wildman–Crippen MR) is 164 cm³/mol. The van der Waals surface area contributed by atoms with Gasteiger partial charge in [-0.05, 0) is 25.7 Å². The van der Waals surface area contributed by atoms with Crippen molar-refractivity contribution in [2.45, 2.75) is 142 Å². The van der Waals surface area contributed by atoms with Crippen LogP contribution in [0.2, 0.25) is 0 Å². The van der Waals surface area contributed by atoms with E-state index in [0.29, 0.717) is 6.79 Å². The Morgan fingerprint density at radius 3 is 0.919 bits per heavy atom. The van der Waals surface area contributed by atoms with Crippen molar-refractivity contribution < 1.29 is 18.4 Å². The van der Waals surface area contributed by atoms with E-state index in [4.69, 9.17) is 9.47 Å². The molecule has 0 heterocycles. The van der Waals surface area contributed by atoms with Crippen LogP contribution in [0.3, 0.4) is 0 Å². The third kappa shape index (κ3) is 28.7. The first-order valence-electron chi connectivity index (χ1n) is 16.6. The van der Waals surface area contributed by atoms with Crippen LogP contribution in [0.1, 0.15) is 142 Å². The minimum absolute atomic E-state index is 0.441. The van der Waals surface area contributed by atoms with Crippen LogP contribution >= 0.6 is 0 Å². The van der Waals surface area contributed by atoms with Crippen LogP contribution in [-0.4, -0.2) is 83.3 Å². The molecule has 37 heavy (non-hydrogen) atoms. The normalized spacial score (nSPS) is 12.5. The van der Waals surface area contributed by atoms with Crippen LogP contribution in [0.25, 0.3) is 0 Å². The van der Waals surface area contributed by atoms with Gasteiger partial charge in [0.25, 0.3) is 0 Å². The number of ether oxygens (including phenoxy) is 2. The number of unbranched alkanes of at least 4 members (excludes halogenated alkanes) is 18. The van der Waals surface area contributed by atoms with Crippen molar-refractivity contribution in [2.24, 2.45) is 0 Å². The molecule has 0 aromatic heterocycles. The molecule has 0 saturated heterocycles. The van der Waals surface area contributed by atoms with Gasteiger partial charge in [0.15, 0.2) is 0 Å². The molecule has 0 aromatic carbocycles. The first-order valence-corrected chi connectivity index (χ1v) is 16.6. The second kappa shape index (κ2) is 26.1. The summed E-state index contributed by atoms with van der Waals surface area (Å²) in [5, 5.41) is 0. The molecule has 4 nitrogen and oxygen atoms in total. The smallest absolute Gasteiger partial charge is 0.147 e. The van der Waals surface area contributed by atoms with Gasteiger partial charge in [-0.1, -0.05) is 117 Å². The van der Waals surface area contributed by atoms with E-state index >= 15 is 0 Å². The summed E-state index contributed by atoms with van der Waals surface area (Å²) in [5.74, 6) is 0. The second-order valence-corrected chi connectivity index (χ2v) is 13.1. The molecule has 0 aromatic rings. The summed E-state index contributed by atoms with van der Waals surface area (Å²) >= 11 is 0. The van der Waals surface area contributed by atoms with Gasteiger partial charge in [0, 0.05) is 0 Å². The maximum Gasteiger partial charge on any atom is 0.147 e. The Kier molecular flexibility index (Phi) is 26.0. The lowest BCUT2D eigenvalue weighted by Gasteiger charge is -2.30. The Balaban J connectivity index is 3.51. The Labute approximate surface area is 235 Å². The summed E-state index contributed by atoms with van der Waals surface area (Å²) in [6.45, 7) is 11.3. The summed E-state index contributed by atoms with van der Waals surface area (Å²) in [6.07, 6.45) is 28.2. The highest BCUT2D eigenvalue weighted by Gasteiger charge is 2.15. The van der Waals surface area contributed by atoms with Crippen LogP contribution in [0.4, 0.5) is 0 Å². The fraction of sp³-hybridized carbons (Fsp3) is 1.00. The Bertz CT molecular complexity index is 414. The monoisotopic (exact) mass is 529 g/mol. The van der Waals surface area contributed by atoms with Crippen molar-refractivity contribution >= 4 is 0 Å². The van der Waals surface area contributed by atoms with Gasteiger partial charge >= 0.3 is 0 Å². The van der Waals surface area contributed by atoms with Gasteiger partial charge < -0.3 is 18.4 Å². The lowest BCUT2D eigenvalue weighted by Crippen LogP contribution is -2.43. The highest BCUT2D eigenvalue weighted by atomic mass is 16.7. The number of hydrogen-bond acceptors (Lipinski definition) is 2. The molecule has 0 atom stereocenters. The molecule has 0 amide bonds. The minimum Gasteiger partial charge on any atom is -0.350 e. The molecule has 0 aliphatic rings. The maximum atomic E-state index is 5.81. The molecule has 0 radical (unpaired) electrons. The van der Waals surface area contributed by atoms with Crippen LogP contribution in [0.5, 0.6) is 0 Å². The van der Waals surface area contributed by atoms with E-state index in [1.807, 2.05) is 0 Å². The Morgan fingerprint density at radius 1 is 0.351 bits per heavy atom. The largest absolute Gasteiger partial charge is 0.350 e. The zero-order valence-corrected chi connectivity index (χ0v) is 26.8.